The van der Waals surface area contributed by atoms with Crippen LogP contribution in [0.25, 0.3) is 0 Å². The van der Waals surface area contributed by atoms with Crippen molar-refractivity contribution in [2.75, 3.05) is 6.54 Å². The molecule has 4 heteroatoms. The van der Waals surface area contributed by atoms with E-state index in [-0.39, 0.29) is 0 Å². The van der Waals surface area contributed by atoms with Crippen LogP contribution in [0.4, 0.5) is 0 Å². The van der Waals surface area contributed by atoms with Crippen molar-refractivity contribution in [3.8, 4) is 0 Å². The van der Waals surface area contributed by atoms with Gasteiger partial charge in [0.25, 0.3) is 0 Å². The second-order valence-corrected chi connectivity index (χ2v) is 3.37. The van der Waals surface area contributed by atoms with E-state index >= 15 is 0 Å². The molecule has 0 spiro atoms. The zero-order valence-corrected chi connectivity index (χ0v) is 7.52. The van der Waals surface area contributed by atoms with Crippen LogP contribution < -0.4 is 5.73 Å². The van der Waals surface area contributed by atoms with Crippen molar-refractivity contribution in [1.82, 2.24) is 9.59 Å². The van der Waals surface area contributed by atoms with Gasteiger partial charge in [0.1, 0.15) is 0 Å². The Morgan fingerprint density at radius 2 is 2.27 bits per heavy atom. The number of nitrogens with zero attached hydrogens (tertiary/aromatic N) is 2. The normalized spacial score (nSPS) is 10.4. The summed E-state index contributed by atoms with van der Waals surface area (Å²) in [6, 6.07) is 0. The average molecular weight is 171 g/mol. The van der Waals surface area contributed by atoms with E-state index in [1.807, 2.05) is 6.92 Å². The van der Waals surface area contributed by atoms with E-state index in [9.17, 15) is 0 Å². The SMILES string of the molecule is Cc1nnsc1CCCCN. The Morgan fingerprint density at radius 3 is 2.82 bits per heavy atom. The molecule has 2 N–H and O–H groups in total. The van der Waals surface area contributed by atoms with Gasteiger partial charge in [-0.05, 0) is 44.3 Å². The number of aromatic nitrogens is 2. The maximum Gasteiger partial charge on any atom is 0.0756 e. The Morgan fingerprint density at radius 1 is 1.45 bits per heavy atom. The highest BCUT2D eigenvalue weighted by Gasteiger charge is 2.00. The molecule has 1 aromatic heterocycles. The van der Waals surface area contributed by atoms with Crippen molar-refractivity contribution < 1.29 is 0 Å². The van der Waals surface area contributed by atoms with Crippen LogP contribution >= 0.6 is 11.5 Å². The molecule has 0 fully saturated rings. The lowest BCUT2D eigenvalue weighted by molar-refractivity contribution is 0.747. The van der Waals surface area contributed by atoms with Crippen LogP contribution in [0.5, 0.6) is 0 Å². The van der Waals surface area contributed by atoms with Crippen molar-refractivity contribution in [3.63, 3.8) is 0 Å². The molecule has 0 bridgehead atoms. The van der Waals surface area contributed by atoms with Crippen LogP contribution in [0.2, 0.25) is 0 Å². The lowest BCUT2D eigenvalue weighted by Crippen LogP contribution is -1.98. The largest absolute Gasteiger partial charge is 0.330 e. The fraction of sp³-hybridized carbons (Fsp3) is 0.714. The van der Waals surface area contributed by atoms with Crippen LogP contribution in [-0.4, -0.2) is 16.1 Å². The third-order valence-corrected chi connectivity index (χ3v) is 2.49. The number of nitrogens with two attached hydrogens (primary N) is 1. The summed E-state index contributed by atoms with van der Waals surface area (Å²) in [4.78, 5) is 1.30. The second kappa shape index (κ2) is 4.41. The Kier molecular flexibility index (Phi) is 3.45. The molecule has 1 rings (SSSR count). The molecule has 0 aliphatic heterocycles. The molecular formula is C7H13N3S. The van der Waals surface area contributed by atoms with Crippen LogP contribution in [0.1, 0.15) is 23.4 Å². The number of unbranched alkanes of at least 4 members (excludes halogenated alkanes) is 1. The van der Waals surface area contributed by atoms with Gasteiger partial charge in [-0.3, -0.25) is 0 Å². The van der Waals surface area contributed by atoms with Gasteiger partial charge in [0, 0.05) is 4.88 Å². The van der Waals surface area contributed by atoms with Crippen LogP contribution in [0, 0.1) is 6.92 Å². The van der Waals surface area contributed by atoms with E-state index in [1.165, 1.54) is 16.4 Å². The van der Waals surface area contributed by atoms with E-state index < -0.39 is 0 Å². The van der Waals surface area contributed by atoms with Gasteiger partial charge in [0.15, 0.2) is 0 Å². The molecule has 11 heavy (non-hydrogen) atoms. The zero-order chi connectivity index (χ0) is 8.10. The third kappa shape index (κ3) is 2.55. The highest BCUT2D eigenvalue weighted by atomic mass is 32.1. The lowest BCUT2D eigenvalue weighted by atomic mass is 10.2. The van der Waals surface area contributed by atoms with E-state index in [0.29, 0.717) is 0 Å². The molecule has 0 atom stereocenters. The Balaban J connectivity index is 2.32. The lowest BCUT2D eigenvalue weighted by Gasteiger charge is -1.94. The fourth-order valence-corrected chi connectivity index (χ4v) is 1.58. The minimum absolute atomic E-state index is 0.783. The van der Waals surface area contributed by atoms with Gasteiger partial charge in [0.2, 0.25) is 0 Å². The average Bonchev–Trinajstić information content (AvgIpc) is 2.37. The smallest absolute Gasteiger partial charge is 0.0756 e. The Bertz CT molecular complexity index is 209. The summed E-state index contributed by atoms with van der Waals surface area (Å²) in [6.45, 7) is 2.78. The van der Waals surface area contributed by atoms with Crippen molar-refractivity contribution in [1.29, 1.82) is 0 Å². The molecule has 1 aromatic rings. The number of aryl methyl sites for hydroxylation is 2. The van der Waals surface area contributed by atoms with E-state index in [4.69, 9.17) is 5.73 Å². The summed E-state index contributed by atoms with van der Waals surface area (Å²) in [5.41, 5.74) is 6.45. The summed E-state index contributed by atoms with van der Waals surface area (Å²) in [6.07, 6.45) is 3.33. The fourth-order valence-electron chi connectivity index (χ4n) is 0.909. The van der Waals surface area contributed by atoms with Crippen molar-refractivity contribution in [2.24, 2.45) is 5.73 Å². The topological polar surface area (TPSA) is 51.8 Å². The van der Waals surface area contributed by atoms with Crippen LogP contribution in [-0.2, 0) is 6.42 Å². The standard InChI is InChI=1S/C7H13N3S/c1-6-7(11-10-9-6)4-2-3-5-8/h2-5,8H2,1H3. The highest BCUT2D eigenvalue weighted by Crippen LogP contribution is 2.11. The molecule has 0 saturated carbocycles. The minimum atomic E-state index is 0.783. The molecule has 0 unspecified atom stereocenters. The third-order valence-electron chi connectivity index (χ3n) is 1.60. The van der Waals surface area contributed by atoms with Gasteiger partial charge in [-0.25, -0.2) is 0 Å². The van der Waals surface area contributed by atoms with Crippen molar-refractivity contribution in [3.05, 3.63) is 10.6 Å². The summed E-state index contributed by atoms with van der Waals surface area (Å²) < 4.78 is 3.86. The quantitative estimate of drug-likeness (QED) is 0.691. The Hall–Kier alpha value is -0.480. The molecule has 1 heterocycles. The van der Waals surface area contributed by atoms with Crippen LogP contribution in [0.3, 0.4) is 0 Å². The summed E-state index contributed by atoms with van der Waals surface area (Å²) in [5.74, 6) is 0. The molecule has 62 valence electrons. The predicted octanol–water partition coefficient (Wildman–Crippen LogP) is 1.13. The number of hydrogen-bond donors (Lipinski definition) is 1. The number of hydrogen-bond acceptors (Lipinski definition) is 4. The molecule has 0 aliphatic carbocycles. The number of rotatable bonds is 4. The maximum absolute atomic E-state index is 5.38. The first-order valence-corrected chi connectivity index (χ1v) is 4.60. The molecular weight excluding hydrogens is 158 g/mol. The zero-order valence-electron chi connectivity index (χ0n) is 6.71. The van der Waals surface area contributed by atoms with Gasteiger partial charge in [-0.1, -0.05) is 4.49 Å². The first kappa shape index (κ1) is 8.62. The summed E-state index contributed by atoms with van der Waals surface area (Å²) in [7, 11) is 0. The monoisotopic (exact) mass is 171 g/mol. The molecule has 0 amide bonds. The van der Waals surface area contributed by atoms with Gasteiger partial charge in [0.05, 0.1) is 5.69 Å². The highest BCUT2D eigenvalue weighted by molar-refractivity contribution is 7.05. The van der Waals surface area contributed by atoms with Crippen LogP contribution in [0.15, 0.2) is 0 Å². The van der Waals surface area contributed by atoms with Crippen molar-refractivity contribution in [2.45, 2.75) is 26.2 Å². The van der Waals surface area contributed by atoms with E-state index in [1.54, 1.807) is 0 Å². The van der Waals surface area contributed by atoms with Crippen molar-refractivity contribution >= 4 is 11.5 Å². The first-order valence-electron chi connectivity index (χ1n) is 3.82. The predicted molar refractivity (Wildman–Crippen MR) is 46.6 cm³/mol. The molecule has 0 radical (unpaired) electrons. The van der Waals surface area contributed by atoms with Gasteiger partial charge in [-0.15, -0.1) is 5.10 Å². The molecule has 3 nitrogen and oxygen atoms in total. The van der Waals surface area contributed by atoms with E-state index in [2.05, 4.69) is 9.59 Å². The summed E-state index contributed by atoms with van der Waals surface area (Å²) >= 11 is 1.50. The maximum atomic E-state index is 5.38. The summed E-state index contributed by atoms with van der Waals surface area (Å²) in [5, 5.41) is 3.93. The first-order chi connectivity index (χ1) is 5.34. The minimum Gasteiger partial charge on any atom is -0.330 e. The molecule has 0 aromatic carbocycles. The van der Waals surface area contributed by atoms with E-state index in [0.717, 1.165) is 31.5 Å². The second-order valence-electron chi connectivity index (χ2n) is 2.53. The molecule has 0 saturated heterocycles. The van der Waals surface area contributed by atoms with Gasteiger partial charge < -0.3 is 5.73 Å². The van der Waals surface area contributed by atoms with Gasteiger partial charge in [-0.2, -0.15) is 0 Å². The Labute approximate surface area is 70.8 Å². The van der Waals surface area contributed by atoms with Gasteiger partial charge >= 0.3 is 0 Å². The molecule has 0 aliphatic rings.